The number of anilines is 1. The summed E-state index contributed by atoms with van der Waals surface area (Å²) in [4.78, 5) is 38.9. The highest BCUT2D eigenvalue weighted by Crippen LogP contribution is 2.26. The van der Waals surface area contributed by atoms with E-state index in [-0.39, 0.29) is 11.6 Å². The van der Waals surface area contributed by atoms with Crippen LogP contribution in [0.2, 0.25) is 0 Å². The van der Waals surface area contributed by atoms with E-state index >= 15 is 0 Å². The van der Waals surface area contributed by atoms with Crippen LogP contribution in [-0.2, 0) is 14.3 Å². The summed E-state index contributed by atoms with van der Waals surface area (Å²) in [5, 5.41) is 6.27. The number of methoxy groups -OCH3 is 2. The van der Waals surface area contributed by atoms with Crippen molar-refractivity contribution < 1.29 is 28.6 Å². The molecule has 1 fully saturated rings. The number of benzene rings is 2. The molecule has 2 N–H and O–H groups in total. The van der Waals surface area contributed by atoms with Gasteiger partial charge in [0.25, 0.3) is 5.91 Å². The van der Waals surface area contributed by atoms with Crippen LogP contribution in [0.3, 0.4) is 0 Å². The molecule has 0 unspecified atom stereocenters. The maximum Gasteiger partial charge on any atom is 0.329 e. The standard InChI is InChI=1S/C22H24N4O6/c1-30-18-8-7-15(13-19(18)31-2)14-23-25-21(28)20(27)24-17-6-4-3-5-16(17)22(29)26-9-11-32-12-10-26/h3-8,13-14H,9-12H2,1-2H3,(H,24,27)(H,25,28)/b23-14+. The number of morpholine rings is 1. The summed E-state index contributed by atoms with van der Waals surface area (Å²) in [6, 6.07) is 11.6. The van der Waals surface area contributed by atoms with Crippen molar-refractivity contribution in [2.24, 2.45) is 5.10 Å². The van der Waals surface area contributed by atoms with Gasteiger partial charge >= 0.3 is 11.8 Å². The average Bonchev–Trinajstić information content (AvgIpc) is 2.84. The third kappa shape index (κ3) is 5.61. The monoisotopic (exact) mass is 440 g/mol. The predicted molar refractivity (Wildman–Crippen MR) is 117 cm³/mol. The van der Waals surface area contributed by atoms with Crippen molar-refractivity contribution in [3.63, 3.8) is 0 Å². The van der Waals surface area contributed by atoms with Crippen molar-refractivity contribution >= 4 is 29.6 Å². The second kappa shape index (κ2) is 10.9. The largest absolute Gasteiger partial charge is 0.493 e. The van der Waals surface area contributed by atoms with Crippen LogP contribution in [0.15, 0.2) is 47.6 Å². The fourth-order valence-corrected chi connectivity index (χ4v) is 3.04. The van der Waals surface area contributed by atoms with E-state index in [9.17, 15) is 14.4 Å². The maximum absolute atomic E-state index is 12.8. The Morgan fingerprint density at radius 1 is 1.00 bits per heavy atom. The first-order chi connectivity index (χ1) is 15.5. The Bertz CT molecular complexity index is 1020. The van der Waals surface area contributed by atoms with Crippen LogP contribution >= 0.6 is 0 Å². The molecule has 168 valence electrons. The molecule has 2 aromatic carbocycles. The Morgan fingerprint density at radius 2 is 1.72 bits per heavy atom. The third-order valence-corrected chi connectivity index (χ3v) is 4.70. The van der Waals surface area contributed by atoms with Gasteiger partial charge in [-0.2, -0.15) is 5.10 Å². The van der Waals surface area contributed by atoms with E-state index in [2.05, 4.69) is 15.8 Å². The molecule has 0 spiro atoms. The number of para-hydroxylation sites is 1. The molecule has 1 heterocycles. The van der Waals surface area contributed by atoms with E-state index in [0.717, 1.165) is 0 Å². The van der Waals surface area contributed by atoms with E-state index in [1.165, 1.54) is 20.4 Å². The molecule has 0 bridgehead atoms. The first kappa shape index (κ1) is 22.8. The Kier molecular flexibility index (Phi) is 7.76. The van der Waals surface area contributed by atoms with Gasteiger partial charge in [-0.1, -0.05) is 12.1 Å². The lowest BCUT2D eigenvalue weighted by atomic mass is 10.1. The van der Waals surface area contributed by atoms with Gasteiger partial charge in [-0.15, -0.1) is 0 Å². The van der Waals surface area contributed by atoms with E-state index in [1.54, 1.807) is 47.4 Å². The average molecular weight is 440 g/mol. The highest BCUT2D eigenvalue weighted by Gasteiger charge is 2.22. The summed E-state index contributed by atoms with van der Waals surface area (Å²) in [7, 11) is 3.03. The third-order valence-electron chi connectivity index (χ3n) is 4.70. The van der Waals surface area contributed by atoms with Crippen LogP contribution < -0.4 is 20.2 Å². The van der Waals surface area contributed by atoms with E-state index in [1.807, 2.05) is 0 Å². The van der Waals surface area contributed by atoms with E-state index in [4.69, 9.17) is 14.2 Å². The fourth-order valence-electron chi connectivity index (χ4n) is 3.04. The van der Waals surface area contributed by atoms with Gasteiger partial charge in [-0.25, -0.2) is 5.43 Å². The Labute approximate surface area is 185 Å². The van der Waals surface area contributed by atoms with Gasteiger partial charge < -0.3 is 24.4 Å². The Hall–Kier alpha value is -3.92. The quantitative estimate of drug-likeness (QED) is 0.397. The first-order valence-corrected chi connectivity index (χ1v) is 9.86. The molecule has 0 atom stereocenters. The molecular weight excluding hydrogens is 416 g/mol. The molecule has 32 heavy (non-hydrogen) atoms. The van der Waals surface area contributed by atoms with Crippen molar-refractivity contribution in [3.8, 4) is 11.5 Å². The number of hydrogen-bond donors (Lipinski definition) is 2. The van der Waals surface area contributed by atoms with Gasteiger partial charge in [0.05, 0.1) is 44.9 Å². The topological polar surface area (TPSA) is 119 Å². The first-order valence-electron chi connectivity index (χ1n) is 9.86. The number of nitrogens with zero attached hydrogens (tertiary/aromatic N) is 2. The zero-order valence-electron chi connectivity index (χ0n) is 17.8. The molecule has 0 aromatic heterocycles. The number of rotatable bonds is 6. The van der Waals surface area contributed by atoms with Crippen LogP contribution in [-0.4, -0.2) is 69.4 Å². The fraction of sp³-hybridized carbons (Fsp3) is 0.273. The maximum atomic E-state index is 12.8. The highest BCUT2D eigenvalue weighted by atomic mass is 16.5. The summed E-state index contributed by atoms with van der Waals surface area (Å²) in [5.41, 5.74) is 3.33. The minimum atomic E-state index is -0.977. The normalized spacial score (nSPS) is 13.5. The zero-order valence-corrected chi connectivity index (χ0v) is 17.8. The number of carbonyl (C=O) groups excluding carboxylic acids is 3. The van der Waals surface area contributed by atoms with E-state index in [0.29, 0.717) is 48.9 Å². The number of hydrazone groups is 1. The van der Waals surface area contributed by atoms with Gasteiger partial charge in [0.2, 0.25) is 0 Å². The van der Waals surface area contributed by atoms with Crippen molar-refractivity contribution in [1.82, 2.24) is 10.3 Å². The van der Waals surface area contributed by atoms with Crippen LogP contribution in [0.25, 0.3) is 0 Å². The van der Waals surface area contributed by atoms with Crippen molar-refractivity contribution in [2.45, 2.75) is 0 Å². The molecule has 10 nitrogen and oxygen atoms in total. The van der Waals surface area contributed by atoms with Crippen LogP contribution in [0, 0.1) is 0 Å². The lowest BCUT2D eigenvalue weighted by Crippen LogP contribution is -2.41. The molecule has 1 saturated heterocycles. The van der Waals surface area contributed by atoms with Gasteiger partial charge in [-0.3, -0.25) is 14.4 Å². The van der Waals surface area contributed by atoms with Gasteiger partial charge in [0.15, 0.2) is 11.5 Å². The molecule has 3 rings (SSSR count). The highest BCUT2D eigenvalue weighted by molar-refractivity contribution is 6.40. The molecule has 1 aliphatic heterocycles. The van der Waals surface area contributed by atoms with Crippen molar-refractivity contribution in [1.29, 1.82) is 0 Å². The van der Waals surface area contributed by atoms with Gasteiger partial charge in [0.1, 0.15) is 0 Å². The predicted octanol–water partition coefficient (Wildman–Crippen LogP) is 1.26. The summed E-state index contributed by atoms with van der Waals surface area (Å²) in [5.74, 6) is -1.11. The molecule has 0 radical (unpaired) electrons. The molecule has 3 amide bonds. The number of nitrogens with one attached hydrogen (secondary N) is 2. The Morgan fingerprint density at radius 3 is 2.44 bits per heavy atom. The van der Waals surface area contributed by atoms with Crippen molar-refractivity contribution in [3.05, 3.63) is 53.6 Å². The summed E-state index contributed by atoms with van der Waals surface area (Å²) in [6.45, 7) is 1.85. The lowest BCUT2D eigenvalue weighted by Gasteiger charge is -2.27. The number of carbonyl (C=O) groups is 3. The molecule has 1 aliphatic rings. The number of ether oxygens (including phenoxy) is 3. The van der Waals surface area contributed by atoms with Crippen LogP contribution in [0.4, 0.5) is 5.69 Å². The smallest absolute Gasteiger partial charge is 0.329 e. The number of amides is 3. The molecule has 0 aliphatic carbocycles. The second-order valence-electron chi connectivity index (χ2n) is 6.72. The number of hydrogen-bond acceptors (Lipinski definition) is 7. The van der Waals surface area contributed by atoms with Crippen molar-refractivity contribution in [2.75, 3.05) is 45.8 Å². The van der Waals surface area contributed by atoms with E-state index < -0.39 is 11.8 Å². The van der Waals surface area contributed by atoms with Gasteiger partial charge in [-0.05, 0) is 35.9 Å². The summed E-state index contributed by atoms with van der Waals surface area (Å²) >= 11 is 0. The summed E-state index contributed by atoms with van der Waals surface area (Å²) in [6.07, 6.45) is 1.36. The Balaban J connectivity index is 1.62. The minimum Gasteiger partial charge on any atom is -0.493 e. The molecule has 0 saturated carbocycles. The molecule has 2 aromatic rings. The summed E-state index contributed by atoms with van der Waals surface area (Å²) < 4.78 is 15.6. The van der Waals surface area contributed by atoms with Gasteiger partial charge in [0, 0.05) is 13.1 Å². The van der Waals surface area contributed by atoms with Crippen LogP contribution in [0.1, 0.15) is 15.9 Å². The minimum absolute atomic E-state index is 0.240. The zero-order chi connectivity index (χ0) is 22.9. The van der Waals surface area contributed by atoms with Crippen LogP contribution in [0.5, 0.6) is 11.5 Å². The molecule has 10 heteroatoms. The second-order valence-corrected chi connectivity index (χ2v) is 6.72. The molecular formula is C22H24N4O6. The SMILES string of the molecule is COc1ccc(/C=N/NC(=O)C(=O)Nc2ccccc2C(=O)N2CCOCC2)cc1OC. The lowest BCUT2D eigenvalue weighted by molar-refractivity contribution is -0.136.